The lowest BCUT2D eigenvalue weighted by molar-refractivity contribution is -0.116. The van der Waals surface area contributed by atoms with E-state index in [1.165, 1.54) is 12.8 Å². The standard InChI is InChI=1S/C15H22N2O2/c1-2-19-14-8-4-3-7-13(14)17-15(18)10-9-12-6-5-11-16-12/h3-4,7-8,12,16H,2,5-6,9-11H2,1H3,(H,17,18). The summed E-state index contributed by atoms with van der Waals surface area (Å²) in [6.45, 7) is 3.61. The Labute approximate surface area is 114 Å². The summed E-state index contributed by atoms with van der Waals surface area (Å²) in [5.74, 6) is 0.790. The Bertz CT molecular complexity index is 414. The van der Waals surface area contributed by atoms with E-state index in [-0.39, 0.29) is 5.91 Å². The van der Waals surface area contributed by atoms with Gasteiger partial charge in [-0.05, 0) is 44.9 Å². The molecule has 4 heteroatoms. The molecule has 4 nitrogen and oxygen atoms in total. The predicted molar refractivity (Wildman–Crippen MR) is 76.5 cm³/mol. The van der Waals surface area contributed by atoms with Gasteiger partial charge in [0.2, 0.25) is 5.91 Å². The maximum Gasteiger partial charge on any atom is 0.224 e. The molecule has 0 bridgehead atoms. The smallest absolute Gasteiger partial charge is 0.224 e. The Hall–Kier alpha value is -1.55. The van der Waals surface area contributed by atoms with E-state index in [1.54, 1.807) is 0 Å². The van der Waals surface area contributed by atoms with Crippen molar-refractivity contribution in [3.63, 3.8) is 0 Å². The van der Waals surface area contributed by atoms with Crippen molar-refractivity contribution in [1.29, 1.82) is 0 Å². The van der Waals surface area contributed by atoms with Gasteiger partial charge in [0.1, 0.15) is 5.75 Å². The summed E-state index contributed by atoms with van der Waals surface area (Å²) in [5, 5.41) is 6.33. The zero-order valence-corrected chi connectivity index (χ0v) is 11.4. The largest absolute Gasteiger partial charge is 0.492 e. The Morgan fingerprint density at radius 3 is 3.05 bits per heavy atom. The van der Waals surface area contributed by atoms with Gasteiger partial charge in [-0.3, -0.25) is 4.79 Å². The summed E-state index contributed by atoms with van der Waals surface area (Å²) < 4.78 is 5.49. The van der Waals surface area contributed by atoms with E-state index < -0.39 is 0 Å². The van der Waals surface area contributed by atoms with Gasteiger partial charge in [-0.15, -0.1) is 0 Å². The second-order valence-corrected chi connectivity index (χ2v) is 4.81. The Morgan fingerprint density at radius 1 is 1.47 bits per heavy atom. The highest BCUT2D eigenvalue weighted by atomic mass is 16.5. The van der Waals surface area contributed by atoms with Gasteiger partial charge in [0.15, 0.2) is 0 Å². The number of nitrogens with one attached hydrogen (secondary N) is 2. The van der Waals surface area contributed by atoms with Gasteiger partial charge in [0, 0.05) is 12.5 Å². The summed E-state index contributed by atoms with van der Waals surface area (Å²) in [7, 11) is 0. The number of benzene rings is 1. The lowest BCUT2D eigenvalue weighted by Gasteiger charge is -2.12. The van der Waals surface area contributed by atoms with Crippen LogP contribution in [0.1, 0.15) is 32.6 Å². The molecule has 19 heavy (non-hydrogen) atoms. The molecule has 0 spiro atoms. The first kappa shape index (κ1) is 13.9. The fraction of sp³-hybridized carbons (Fsp3) is 0.533. The summed E-state index contributed by atoms with van der Waals surface area (Å²) in [5.41, 5.74) is 0.758. The van der Waals surface area contributed by atoms with Gasteiger partial charge in [-0.1, -0.05) is 12.1 Å². The lowest BCUT2D eigenvalue weighted by Crippen LogP contribution is -2.23. The van der Waals surface area contributed by atoms with E-state index in [2.05, 4.69) is 10.6 Å². The third kappa shape index (κ3) is 4.24. The molecule has 2 N–H and O–H groups in total. The van der Waals surface area contributed by atoms with Crippen LogP contribution in [-0.4, -0.2) is 25.1 Å². The maximum absolute atomic E-state index is 11.9. The highest BCUT2D eigenvalue weighted by Crippen LogP contribution is 2.24. The molecule has 0 saturated carbocycles. The van der Waals surface area contributed by atoms with Crippen molar-refractivity contribution in [2.75, 3.05) is 18.5 Å². The number of carbonyl (C=O) groups excluding carboxylic acids is 1. The number of anilines is 1. The van der Waals surface area contributed by atoms with Gasteiger partial charge in [0.25, 0.3) is 0 Å². The molecule has 1 saturated heterocycles. The molecule has 1 fully saturated rings. The molecule has 1 aliphatic heterocycles. The highest BCUT2D eigenvalue weighted by Gasteiger charge is 2.15. The van der Waals surface area contributed by atoms with Gasteiger partial charge in [-0.2, -0.15) is 0 Å². The van der Waals surface area contributed by atoms with Gasteiger partial charge < -0.3 is 15.4 Å². The zero-order chi connectivity index (χ0) is 13.5. The van der Waals surface area contributed by atoms with Crippen LogP contribution in [-0.2, 0) is 4.79 Å². The van der Waals surface area contributed by atoms with E-state index in [0.717, 1.165) is 24.4 Å². The van der Waals surface area contributed by atoms with Crippen molar-refractivity contribution >= 4 is 11.6 Å². The van der Waals surface area contributed by atoms with Crippen LogP contribution in [0.25, 0.3) is 0 Å². The Morgan fingerprint density at radius 2 is 2.32 bits per heavy atom. The van der Waals surface area contributed by atoms with Gasteiger partial charge in [0.05, 0.1) is 12.3 Å². The Kier molecular flexibility index (Phi) is 5.21. The topological polar surface area (TPSA) is 50.4 Å². The minimum atomic E-state index is 0.0563. The second-order valence-electron chi connectivity index (χ2n) is 4.81. The zero-order valence-electron chi connectivity index (χ0n) is 11.4. The third-order valence-corrected chi connectivity index (χ3v) is 3.34. The minimum absolute atomic E-state index is 0.0563. The number of hydrogen-bond acceptors (Lipinski definition) is 3. The van der Waals surface area contributed by atoms with Crippen molar-refractivity contribution in [1.82, 2.24) is 5.32 Å². The maximum atomic E-state index is 11.9. The molecule has 0 radical (unpaired) electrons. The van der Waals surface area contributed by atoms with Crippen LogP contribution >= 0.6 is 0 Å². The number of amides is 1. The van der Waals surface area contributed by atoms with Gasteiger partial charge >= 0.3 is 0 Å². The molecule has 1 heterocycles. The normalized spacial score (nSPS) is 18.3. The minimum Gasteiger partial charge on any atom is -0.492 e. The molecule has 1 atom stereocenters. The first-order chi connectivity index (χ1) is 9.29. The molecular formula is C15H22N2O2. The molecule has 0 aromatic heterocycles. The molecule has 1 unspecified atom stereocenters. The van der Waals surface area contributed by atoms with E-state index in [4.69, 9.17) is 4.74 Å². The number of ether oxygens (including phenoxy) is 1. The monoisotopic (exact) mass is 262 g/mol. The average molecular weight is 262 g/mol. The predicted octanol–water partition coefficient (Wildman–Crippen LogP) is 2.56. The molecule has 0 aliphatic carbocycles. The first-order valence-electron chi connectivity index (χ1n) is 7.04. The number of hydrogen-bond donors (Lipinski definition) is 2. The summed E-state index contributed by atoms with van der Waals surface area (Å²) in [4.78, 5) is 11.9. The summed E-state index contributed by atoms with van der Waals surface area (Å²) >= 11 is 0. The van der Waals surface area contributed by atoms with E-state index >= 15 is 0 Å². The summed E-state index contributed by atoms with van der Waals surface area (Å²) in [6.07, 6.45) is 3.86. The molecule has 1 aliphatic rings. The van der Waals surface area contributed by atoms with Crippen molar-refractivity contribution in [3.8, 4) is 5.75 Å². The lowest BCUT2D eigenvalue weighted by atomic mass is 10.1. The number of rotatable bonds is 6. The van der Waals surface area contributed by atoms with Crippen LogP contribution in [0.2, 0.25) is 0 Å². The highest BCUT2D eigenvalue weighted by molar-refractivity contribution is 5.92. The number of carbonyl (C=O) groups is 1. The van der Waals surface area contributed by atoms with E-state index in [9.17, 15) is 4.79 Å². The molecular weight excluding hydrogens is 240 g/mol. The fourth-order valence-corrected chi connectivity index (χ4v) is 2.37. The van der Waals surface area contributed by atoms with E-state index in [0.29, 0.717) is 19.1 Å². The molecule has 1 amide bonds. The van der Waals surface area contributed by atoms with Crippen molar-refractivity contribution in [2.45, 2.75) is 38.6 Å². The third-order valence-electron chi connectivity index (χ3n) is 3.34. The van der Waals surface area contributed by atoms with Crippen LogP contribution < -0.4 is 15.4 Å². The van der Waals surface area contributed by atoms with Crippen molar-refractivity contribution in [3.05, 3.63) is 24.3 Å². The van der Waals surface area contributed by atoms with Crippen LogP contribution in [0.5, 0.6) is 5.75 Å². The van der Waals surface area contributed by atoms with Crippen molar-refractivity contribution < 1.29 is 9.53 Å². The van der Waals surface area contributed by atoms with Crippen LogP contribution in [0.3, 0.4) is 0 Å². The quantitative estimate of drug-likeness (QED) is 0.828. The first-order valence-corrected chi connectivity index (χ1v) is 7.04. The summed E-state index contributed by atoms with van der Waals surface area (Å²) in [6, 6.07) is 8.06. The van der Waals surface area contributed by atoms with Crippen LogP contribution in [0, 0.1) is 0 Å². The number of para-hydroxylation sites is 2. The van der Waals surface area contributed by atoms with Crippen molar-refractivity contribution in [2.24, 2.45) is 0 Å². The molecule has 1 aromatic carbocycles. The van der Waals surface area contributed by atoms with E-state index in [1.807, 2.05) is 31.2 Å². The fourth-order valence-electron chi connectivity index (χ4n) is 2.37. The van der Waals surface area contributed by atoms with Crippen LogP contribution in [0.15, 0.2) is 24.3 Å². The molecule has 2 rings (SSSR count). The van der Waals surface area contributed by atoms with Crippen LogP contribution in [0.4, 0.5) is 5.69 Å². The average Bonchev–Trinajstić information content (AvgIpc) is 2.92. The SMILES string of the molecule is CCOc1ccccc1NC(=O)CCC1CCCN1. The van der Waals surface area contributed by atoms with Gasteiger partial charge in [-0.25, -0.2) is 0 Å². The molecule has 1 aromatic rings. The molecule has 104 valence electrons. The second kappa shape index (κ2) is 7.14. The Balaban J connectivity index is 1.83.